The zero-order valence-electron chi connectivity index (χ0n) is 23.8. The van der Waals surface area contributed by atoms with Gasteiger partial charge in [-0.3, -0.25) is 13.9 Å². The molecule has 2 amide bonds. The van der Waals surface area contributed by atoms with Crippen molar-refractivity contribution in [2.75, 3.05) is 25.1 Å². The summed E-state index contributed by atoms with van der Waals surface area (Å²) in [5, 5.41) is 3.38. The van der Waals surface area contributed by atoms with Crippen LogP contribution in [0.2, 0.25) is 5.02 Å². The molecule has 0 radical (unpaired) electrons. The topological polar surface area (TPSA) is 105 Å². The van der Waals surface area contributed by atoms with Crippen molar-refractivity contribution in [2.24, 2.45) is 0 Å². The first kappa shape index (κ1) is 31.8. The lowest BCUT2D eigenvalue weighted by molar-refractivity contribution is -0.139. The summed E-state index contributed by atoms with van der Waals surface area (Å²) in [7, 11) is -1.39. The fourth-order valence-corrected chi connectivity index (χ4v) is 5.76. The van der Waals surface area contributed by atoms with Crippen LogP contribution < -0.4 is 19.1 Å². The predicted octanol–water partition coefficient (Wildman–Crippen LogP) is 4.88. The molecule has 0 saturated heterocycles. The zero-order valence-corrected chi connectivity index (χ0v) is 25.4. The number of nitrogens with one attached hydrogen (secondary N) is 1. The second-order valence-electron chi connectivity index (χ2n) is 9.51. The molecule has 0 aliphatic heterocycles. The van der Waals surface area contributed by atoms with Gasteiger partial charge in [-0.1, -0.05) is 48.9 Å². The molecule has 220 valence electrons. The van der Waals surface area contributed by atoms with Crippen molar-refractivity contribution in [2.45, 2.75) is 50.7 Å². The summed E-state index contributed by atoms with van der Waals surface area (Å²) in [5.74, 6) is -0.354. The highest BCUT2D eigenvalue weighted by Gasteiger charge is 2.34. The number of sulfonamides is 1. The van der Waals surface area contributed by atoms with Crippen molar-refractivity contribution < 1.29 is 27.5 Å². The lowest BCUT2D eigenvalue weighted by Gasteiger charge is -2.33. The summed E-state index contributed by atoms with van der Waals surface area (Å²) >= 11 is 6.20. The molecule has 3 aromatic rings. The first-order valence-corrected chi connectivity index (χ1v) is 15.0. The van der Waals surface area contributed by atoms with Crippen LogP contribution in [-0.4, -0.2) is 58.0 Å². The average molecular weight is 602 g/mol. The van der Waals surface area contributed by atoms with Crippen LogP contribution in [0.3, 0.4) is 0 Å². The minimum atomic E-state index is -4.26. The molecule has 0 spiro atoms. The van der Waals surface area contributed by atoms with E-state index in [1.54, 1.807) is 61.5 Å². The molecule has 11 heteroatoms. The highest BCUT2D eigenvalue weighted by atomic mass is 35.5. The van der Waals surface area contributed by atoms with Crippen LogP contribution in [0.1, 0.15) is 32.8 Å². The molecule has 3 rings (SSSR count). The molecule has 0 aliphatic carbocycles. The van der Waals surface area contributed by atoms with Crippen molar-refractivity contribution in [3.05, 3.63) is 83.4 Å². The molecule has 0 saturated carbocycles. The second-order valence-corrected chi connectivity index (χ2v) is 11.8. The number of anilines is 1. The number of benzene rings is 3. The summed E-state index contributed by atoms with van der Waals surface area (Å²) < 4.78 is 39.8. The Morgan fingerprint density at radius 3 is 2.27 bits per heavy atom. The molecule has 0 aromatic heterocycles. The van der Waals surface area contributed by atoms with Gasteiger partial charge in [-0.25, -0.2) is 8.42 Å². The highest BCUT2D eigenvalue weighted by Crippen LogP contribution is 2.36. The standard InChI is InChI=1S/C30H36ClN3O6S/c1-6-21(2)32-30(36)22(3)33(19-23-11-10-12-24(31)17-23)29(35)20-34(41(37,38)26-13-8-7-9-14-26)27-18-25(39-4)15-16-28(27)40-5/h7-18,21-22H,6,19-20H2,1-5H3,(H,32,36). The maximum Gasteiger partial charge on any atom is 0.264 e. The Hall–Kier alpha value is -3.76. The van der Waals surface area contributed by atoms with Crippen LogP contribution in [0.25, 0.3) is 0 Å². The van der Waals surface area contributed by atoms with Gasteiger partial charge in [-0.2, -0.15) is 0 Å². The molecule has 9 nitrogen and oxygen atoms in total. The van der Waals surface area contributed by atoms with Crippen LogP contribution in [0.15, 0.2) is 77.7 Å². The Morgan fingerprint density at radius 1 is 0.951 bits per heavy atom. The van der Waals surface area contributed by atoms with Gasteiger partial charge >= 0.3 is 0 Å². The van der Waals surface area contributed by atoms with Crippen molar-refractivity contribution in [3.8, 4) is 11.5 Å². The fraction of sp³-hybridized carbons (Fsp3) is 0.333. The Morgan fingerprint density at radius 2 is 1.66 bits per heavy atom. The van der Waals surface area contributed by atoms with E-state index in [1.165, 1.54) is 37.3 Å². The summed E-state index contributed by atoms with van der Waals surface area (Å²) in [4.78, 5) is 28.6. The minimum Gasteiger partial charge on any atom is -0.497 e. The molecular weight excluding hydrogens is 566 g/mol. The van der Waals surface area contributed by atoms with Crippen LogP contribution >= 0.6 is 11.6 Å². The van der Waals surface area contributed by atoms with Gasteiger partial charge in [-0.15, -0.1) is 0 Å². The van der Waals surface area contributed by atoms with Gasteiger partial charge in [0.25, 0.3) is 10.0 Å². The molecule has 0 heterocycles. The summed E-state index contributed by atoms with van der Waals surface area (Å²) in [6.07, 6.45) is 0.708. The number of halogens is 1. The van der Waals surface area contributed by atoms with E-state index in [9.17, 15) is 18.0 Å². The summed E-state index contributed by atoms with van der Waals surface area (Å²) in [5.41, 5.74) is 0.800. The molecule has 1 N–H and O–H groups in total. The van der Waals surface area contributed by atoms with Crippen LogP contribution in [0.5, 0.6) is 11.5 Å². The first-order chi connectivity index (χ1) is 19.5. The number of carbonyl (C=O) groups is 2. The van der Waals surface area contributed by atoms with E-state index >= 15 is 0 Å². The van der Waals surface area contributed by atoms with Crippen molar-refractivity contribution in [1.82, 2.24) is 10.2 Å². The summed E-state index contributed by atoms with van der Waals surface area (Å²) in [6, 6.07) is 18.4. The monoisotopic (exact) mass is 601 g/mol. The third kappa shape index (κ3) is 7.92. The van der Waals surface area contributed by atoms with Gasteiger partial charge in [0.1, 0.15) is 24.1 Å². The quantitative estimate of drug-likeness (QED) is 0.299. The maximum atomic E-state index is 14.1. The smallest absolute Gasteiger partial charge is 0.264 e. The molecule has 41 heavy (non-hydrogen) atoms. The van der Waals surface area contributed by atoms with Crippen molar-refractivity contribution >= 4 is 39.1 Å². The van der Waals surface area contributed by atoms with Crippen LogP contribution in [0, 0.1) is 0 Å². The normalized spacial score (nSPS) is 12.6. The van der Waals surface area contributed by atoms with Gasteiger partial charge in [0.15, 0.2) is 0 Å². The van der Waals surface area contributed by atoms with E-state index in [0.29, 0.717) is 22.8 Å². The highest BCUT2D eigenvalue weighted by molar-refractivity contribution is 7.92. The minimum absolute atomic E-state index is 0.0124. The summed E-state index contributed by atoms with van der Waals surface area (Å²) in [6.45, 7) is 4.85. The lowest BCUT2D eigenvalue weighted by atomic mass is 10.1. The van der Waals surface area contributed by atoms with E-state index in [2.05, 4.69) is 5.32 Å². The molecule has 2 atom stereocenters. The van der Waals surface area contributed by atoms with Gasteiger partial charge < -0.3 is 19.7 Å². The molecule has 0 bridgehead atoms. The fourth-order valence-electron chi connectivity index (χ4n) is 4.10. The first-order valence-electron chi connectivity index (χ1n) is 13.2. The maximum absolute atomic E-state index is 14.1. The number of methoxy groups -OCH3 is 2. The molecule has 2 unspecified atom stereocenters. The number of rotatable bonds is 13. The molecule has 0 aliphatic rings. The number of hydrogen-bond donors (Lipinski definition) is 1. The Balaban J connectivity index is 2.10. The van der Waals surface area contributed by atoms with Gasteiger partial charge in [0.05, 0.1) is 24.8 Å². The third-order valence-corrected chi connectivity index (χ3v) is 8.68. The van der Waals surface area contributed by atoms with E-state index in [4.69, 9.17) is 21.1 Å². The van der Waals surface area contributed by atoms with E-state index in [0.717, 1.165) is 4.31 Å². The second kappa shape index (κ2) is 14.2. The Labute approximate surface area is 247 Å². The number of amides is 2. The predicted molar refractivity (Wildman–Crippen MR) is 160 cm³/mol. The van der Waals surface area contributed by atoms with Crippen molar-refractivity contribution in [3.63, 3.8) is 0 Å². The van der Waals surface area contributed by atoms with E-state index in [1.807, 2.05) is 13.8 Å². The number of carbonyl (C=O) groups excluding carboxylic acids is 2. The zero-order chi connectivity index (χ0) is 30.2. The molecule has 0 fully saturated rings. The SMILES string of the molecule is CCC(C)NC(=O)C(C)N(Cc1cccc(Cl)c1)C(=O)CN(c1cc(OC)ccc1OC)S(=O)(=O)c1ccccc1. The Bertz CT molecular complexity index is 1450. The lowest BCUT2D eigenvalue weighted by Crippen LogP contribution is -2.52. The average Bonchev–Trinajstić information content (AvgIpc) is 2.98. The molecule has 3 aromatic carbocycles. The van der Waals surface area contributed by atoms with Crippen LogP contribution in [-0.2, 0) is 26.2 Å². The van der Waals surface area contributed by atoms with E-state index < -0.39 is 28.5 Å². The number of ether oxygens (including phenoxy) is 2. The van der Waals surface area contributed by atoms with Crippen LogP contribution in [0.4, 0.5) is 5.69 Å². The number of nitrogens with zero attached hydrogens (tertiary/aromatic N) is 2. The molecular formula is C30H36ClN3O6S. The van der Waals surface area contributed by atoms with Gasteiger partial charge in [-0.05, 0) is 62.2 Å². The third-order valence-electron chi connectivity index (χ3n) is 6.68. The Kier molecular flexibility index (Phi) is 11.0. The van der Waals surface area contributed by atoms with Gasteiger partial charge in [0.2, 0.25) is 11.8 Å². The van der Waals surface area contributed by atoms with E-state index in [-0.39, 0.29) is 34.8 Å². The van der Waals surface area contributed by atoms with Gasteiger partial charge in [0, 0.05) is 23.7 Å². The van der Waals surface area contributed by atoms with Crippen molar-refractivity contribution in [1.29, 1.82) is 0 Å². The number of hydrogen-bond acceptors (Lipinski definition) is 6. The largest absolute Gasteiger partial charge is 0.497 e.